The van der Waals surface area contributed by atoms with Gasteiger partial charge >= 0.3 is 0 Å². The highest BCUT2D eigenvalue weighted by atomic mass is 35.5. The lowest BCUT2D eigenvalue weighted by atomic mass is 10.1. The van der Waals surface area contributed by atoms with Crippen LogP contribution in [0.15, 0.2) is 30.5 Å². The van der Waals surface area contributed by atoms with Crippen LogP contribution in [0.2, 0.25) is 5.02 Å². The Morgan fingerprint density at radius 3 is 2.82 bits per heavy atom. The lowest BCUT2D eigenvalue weighted by molar-refractivity contribution is 0.144. The minimum absolute atomic E-state index is 0.225. The summed E-state index contributed by atoms with van der Waals surface area (Å²) in [6.45, 7) is 0.828. The molecule has 0 saturated carbocycles. The summed E-state index contributed by atoms with van der Waals surface area (Å²) in [7, 11) is 0. The summed E-state index contributed by atoms with van der Waals surface area (Å²) in [6, 6.07) is 7.69. The Kier molecular flexibility index (Phi) is 2.65. The molecule has 1 aliphatic rings. The summed E-state index contributed by atoms with van der Waals surface area (Å²) in [5.41, 5.74) is 2.17. The van der Waals surface area contributed by atoms with Crippen LogP contribution in [-0.2, 0) is 13.0 Å². The van der Waals surface area contributed by atoms with Gasteiger partial charge in [-0.1, -0.05) is 11.6 Å². The molecule has 4 heteroatoms. The number of hydrogen-bond donors (Lipinski definition) is 1. The van der Waals surface area contributed by atoms with Crippen molar-refractivity contribution in [3.05, 3.63) is 41.2 Å². The molecule has 0 saturated heterocycles. The van der Waals surface area contributed by atoms with Crippen molar-refractivity contribution in [1.29, 1.82) is 0 Å². The first-order valence-electron chi connectivity index (χ1n) is 5.72. The van der Waals surface area contributed by atoms with Gasteiger partial charge in [0.1, 0.15) is 5.82 Å². The maximum atomic E-state index is 9.61. The summed E-state index contributed by atoms with van der Waals surface area (Å²) in [5.74, 6) is 0.962. The molecule has 1 N–H and O–H groups in total. The standard InChI is InChI=1S/C13H13ClN2O/c14-10-3-1-9(2-4-10)13-15-8-11-7-12(17)5-6-16(11)13/h1-4,8,12,17H,5-7H2. The first-order chi connectivity index (χ1) is 8.24. The molecule has 0 spiro atoms. The van der Waals surface area contributed by atoms with Crippen LogP contribution < -0.4 is 0 Å². The van der Waals surface area contributed by atoms with Gasteiger partial charge in [-0.05, 0) is 30.7 Å². The van der Waals surface area contributed by atoms with Gasteiger partial charge in [-0.15, -0.1) is 0 Å². The van der Waals surface area contributed by atoms with Crippen molar-refractivity contribution >= 4 is 11.6 Å². The largest absolute Gasteiger partial charge is 0.393 e. The molecule has 1 aromatic carbocycles. The average molecular weight is 249 g/mol. The molecule has 88 valence electrons. The topological polar surface area (TPSA) is 38.0 Å². The van der Waals surface area contributed by atoms with Gasteiger partial charge in [-0.3, -0.25) is 0 Å². The van der Waals surface area contributed by atoms with Gasteiger partial charge in [0.25, 0.3) is 0 Å². The summed E-state index contributed by atoms with van der Waals surface area (Å²) in [6.07, 6.45) is 3.12. The van der Waals surface area contributed by atoms with Crippen molar-refractivity contribution < 1.29 is 5.11 Å². The fourth-order valence-corrected chi connectivity index (χ4v) is 2.40. The zero-order valence-corrected chi connectivity index (χ0v) is 10.1. The fourth-order valence-electron chi connectivity index (χ4n) is 2.27. The van der Waals surface area contributed by atoms with E-state index in [1.807, 2.05) is 30.5 Å². The van der Waals surface area contributed by atoms with E-state index in [1.165, 1.54) is 0 Å². The molecule has 1 atom stereocenters. The first-order valence-corrected chi connectivity index (χ1v) is 6.10. The van der Waals surface area contributed by atoms with E-state index >= 15 is 0 Å². The van der Waals surface area contributed by atoms with Crippen molar-refractivity contribution in [2.24, 2.45) is 0 Å². The van der Waals surface area contributed by atoms with E-state index in [-0.39, 0.29) is 6.10 Å². The van der Waals surface area contributed by atoms with Crippen molar-refractivity contribution in [3.8, 4) is 11.4 Å². The molecule has 0 aliphatic carbocycles. The second-order valence-corrected chi connectivity index (χ2v) is 4.81. The van der Waals surface area contributed by atoms with Crippen LogP contribution in [0, 0.1) is 0 Å². The molecule has 2 heterocycles. The molecule has 0 amide bonds. The molecule has 2 aromatic rings. The molecule has 3 nitrogen and oxygen atoms in total. The van der Waals surface area contributed by atoms with E-state index < -0.39 is 0 Å². The third kappa shape index (κ3) is 1.96. The van der Waals surface area contributed by atoms with Crippen LogP contribution in [0.4, 0.5) is 0 Å². The van der Waals surface area contributed by atoms with Gasteiger partial charge in [0.2, 0.25) is 0 Å². The quantitative estimate of drug-likeness (QED) is 0.842. The Bertz CT molecular complexity index is 533. The lowest BCUT2D eigenvalue weighted by Gasteiger charge is -2.21. The maximum absolute atomic E-state index is 9.61. The molecule has 0 bridgehead atoms. The third-order valence-corrected chi connectivity index (χ3v) is 3.42. The molecule has 1 aromatic heterocycles. The number of halogens is 1. The zero-order valence-electron chi connectivity index (χ0n) is 9.31. The Hall–Kier alpha value is -1.32. The Morgan fingerprint density at radius 2 is 2.06 bits per heavy atom. The van der Waals surface area contributed by atoms with E-state index in [9.17, 15) is 5.11 Å². The molecule has 17 heavy (non-hydrogen) atoms. The molecular weight excluding hydrogens is 236 g/mol. The van der Waals surface area contributed by atoms with Gasteiger partial charge < -0.3 is 9.67 Å². The number of aliphatic hydroxyl groups is 1. The van der Waals surface area contributed by atoms with Crippen molar-refractivity contribution in [1.82, 2.24) is 9.55 Å². The molecule has 0 radical (unpaired) electrons. The highest BCUT2D eigenvalue weighted by molar-refractivity contribution is 6.30. The molecule has 0 fully saturated rings. The van der Waals surface area contributed by atoms with E-state index in [0.29, 0.717) is 6.42 Å². The van der Waals surface area contributed by atoms with Crippen LogP contribution in [-0.4, -0.2) is 20.8 Å². The van der Waals surface area contributed by atoms with Gasteiger partial charge in [0, 0.05) is 35.4 Å². The zero-order chi connectivity index (χ0) is 11.8. The predicted molar refractivity (Wildman–Crippen MR) is 67.0 cm³/mol. The molecular formula is C13H13ClN2O. The van der Waals surface area contributed by atoms with Crippen molar-refractivity contribution in [3.63, 3.8) is 0 Å². The normalized spacial score (nSPS) is 19.1. The van der Waals surface area contributed by atoms with Crippen LogP contribution in [0.25, 0.3) is 11.4 Å². The average Bonchev–Trinajstić information content (AvgIpc) is 2.73. The minimum Gasteiger partial charge on any atom is -0.393 e. The van der Waals surface area contributed by atoms with Crippen molar-refractivity contribution in [2.45, 2.75) is 25.5 Å². The second-order valence-electron chi connectivity index (χ2n) is 4.38. The monoisotopic (exact) mass is 248 g/mol. The van der Waals surface area contributed by atoms with Gasteiger partial charge in [0.15, 0.2) is 0 Å². The first kappa shape index (κ1) is 10.8. The Labute approximate surface area is 105 Å². The number of benzene rings is 1. The van der Waals surface area contributed by atoms with E-state index in [0.717, 1.165) is 35.1 Å². The van der Waals surface area contributed by atoms with Crippen LogP contribution in [0.5, 0.6) is 0 Å². The SMILES string of the molecule is OC1CCn2c(cnc2-c2ccc(Cl)cc2)C1. The van der Waals surface area contributed by atoms with Crippen molar-refractivity contribution in [2.75, 3.05) is 0 Å². The third-order valence-electron chi connectivity index (χ3n) is 3.17. The van der Waals surface area contributed by atoms with Crippen LogP contribution in [0.1, 0.15) is 12.1 Å². The number of hydrogen-bond acceptors (Lipinski definition) is 2. The van der Waals surface area contributed by atoms with Crippen LogP contribution in [0.3, 0.4) is 0 Å². The molecule has 3 rings (SSSR count). The number of rotatable bonds is 1. The summed E-state index contributed by atoms with van der Waals surface area (Å²) in [5, 5.41) is 10.3. The minimum atomic E-state index is -0.225. The van der Waals surface area contributed by atoms with Crippen LogP contribution >= 0.6 is 11.6 Å². The van der Waals surface area contributed by atoms with E-state index in [4.69, 9.17) is 11.6 Å². The smallest absolute Gasteiger partial charge is 0.140 e. The highest BCUT2D eigenvalue weighted by Crippen LogP contribution is 2.25. The number of aliphatic hydroxyl groups excluding tert-OH is 1. The number of nitrogens with zero attached hydrogens (tertiary/aromatic N) is 2. The predicted octanol–water partition coefficient (Wildman–Crippen LogP) is 2.51. The number of fused-ring (bicyclic) bond motifs is 1. The second kappa shape index (κ2) is 4.17. The Balaban J connectivity index is 2.02. The summed E-state index contributed by atoms with van der Waals surface area (Å²) < 4.78 is 2.18. The molecule has 1 unspecified atom stereocenters. The summed E-state index contributed by atoms with van der Waals surface area (Å²) in [4.78, 5) is 4.44. The fraction of sp³-hybridized carbons (Fsp3) is 0.308. The number of imidazole rings is 1. The van der Waals surface area contributed by atoms with E-state index in [2.05, 4.69) is 9.55 Å². The van der Waals surface area contributed by atoms with Gasteiger partial charge in [-0.2, -0.15) is 0 Å². The maximum Gasteiger partial charge on any atom is 0.140 e. The Morgan fingerprint density at radius 1 is 1.29 bits per heavy atom. The van der Waals surface area contributed by atoms with Gasteiger partial charge in [-0.25, -0.2) is 4.98 Å². The summed E-state index contributed by atoms with van der Waals surface area (Å²) >= 11 is 5.88. The lowest BCUT2D eigenvalue weighted by Crippen LogP contribution is -2.22. The molecule has 1 aliphatic heterocycles. The number of aromatic nitrogens is 2. The van der Waals surface area contributed by atoms with Gasteiger partial charge in [0.05, 0.1) is 6.10 Å². The highest BCUT2D eigenvalue weighted by Gasteiger charge is 2.20. The van der Waals surface area contributed by atoms with E-state index in [1.54, 1.807) is 0 Å².